The molecule has 12 heteroatoms. The van der Waals surface area contributed by atoms with Gasteiger partial charge in [-0.2, -0.15) is 0 Å². The van der Waals surface area contributed by atoms with Crippen LogP contribution in [0.25, 0.3) is 16.9 Å². The van der Waals surface area contributed by atoms with Gasteiger partial charge in [0.15, 0.2) is 0 Å². The molecule has 0 saturated carbocycles. The Bertz CT molecular complexity index is 1650. The summed E-state index contributed by atoms with van der Waals surface area (Å²) < 4.78 is 48.3. The first-order chi connectivity index (χ1) is 20.2. The predicted molar refractivity (Wildman–Crippen MR) is 148 cm³/mol. The molecule has 2 aromatic heterocycles. The van der Waals surface area contributed by atoms with Gasteiger partial charge in [-0.05, 0) is 61.0 Å². The number of nitrogens with zero attached hydrogens (tertiary/aromatic N) is 3. The summed E-state index contributed by atoms with van der Waals surface area (Å²) in [6, 6.07) is 11.3. The van der Waals surface area contributed by atoms with Crippen molar-refractivity contribution in [3.05, 3.63) is 88.7 Å². The molecule has 0 spiro atoms. The number of rotatable bonds is 6. The van der Waals surface area contributed by atoms with Crippen molar-refractivity contribution in [2.75, 3.05) is 39.2 Å². The van der Waals surface area contributed by atoms with Crippen LogP contribution >= 0.6 is 0 Å². The third kappa shape index (κ3) is 5.79. The highest BCUT2D eigenvalue weighted by atomic mass is 19.1. The first kappa shape index (κ1) is 28.7. The fraction of sp³-hybridized carbons (Fsp3) is 0.267. The van der Waals surface area contributed by atoms with Crippen molar-refractivity contribution in [2.45, 2.75) is 19.4 Å². The maximum atomic E-state index is 15.6. The highest BCUT2D eigenvalue weighted by Crippen LogP contribution is 2.33. The molecule has 0 aliphatic carbocycles. The molecular weight excluding hydrogens is 550 g/mol. The highest BCUT2D eigenvalue weighted by molar-refractivity contribution is 6.05. The maximum absolute atomic E-state index is 15.6. The van der Waals surface area contributed by atoms with Crippen LogP contribution in [-0.4, -0.2) is 72.3 Å². The van der Waals surface area contributed by atoms with Crippen LogP contribution in [-0.2, 0) is 20.6 Å². The van der Waals surface area contributed by atoms with Crippen LogP contribution in [0.15, 0.2) is 54.7 Å². The topological polar surface area (TPSA) is 111 Å². The van der Waals surface area contributed by atoms with Gasteiger partial charge in [0.1, 0.15) is 17.3 Å². The summed E-state index contributed by atoms with van der Waals surface area (Å²) in [5.41, 5.74) is 1.98. The first-order valence-corrected chi connectivity index (χ1v) is 13.1. The minimum atomic E-state index is -0.923. The second kappa shape index (κ2) is 12.0. The van der Waals surface area contributed by atoms with Crippen LogP contribution in [0, 0.1) is 18.6 Å². The number of halogens is 2. The van der Waals surface area contributed by atoms with Crippen molar-refractivity contribution in [3.8, 4) is 11.3 Å². The summed E-state index contributed by atoms with van der Waals surface area (Å²) >= 11 is 0. The standard InChI is InChI=1S/C30H28F2N4O6/c1-17-8-9-36-24(15-21-16-35(10-11-42-21)30(39)41-3)27(34-25(36)12-17)26-22(31)13-20(14-23(26)32)33-28(37)18-4-6-19(7-5-18)29(38)40-2/h4-9,12-14,21H,10-11,15-16H2,1-3H3,(H,33,37)/t21-/m0/s1. The molecule has 1 N–H and O–H groups in total. The zero-order chi connectivity index (χ0) is 30.0. The zero-order valence-electron chi connectivity index (χ0n) is 23.1. The summed E-state index contributed by atoms with van der Waals surface area (Å²) in [7, 11) is 2.55. The predicted octanol–water partition coefficient (Wildman–Crippen LogP) is 4.64. The molecule has 1 aliphatic heterocycles. The van der Waals surface area contributed by atoms with Crippen molar-refractivity contribution in [1.82, 2.24) is 14.3 Å². The Morgan fingerprint density at radius 3 is 2.38 bits per heavy atom. The van der Waals surface area contributed by atoms with Crippen LogP contribution < -0.4 is 5.32 Å². The van der Waals surface area contributed by atoms with E-state index >= 15 is 8.78 Å². The molecule has 1 fully saturated rings. The monoisotopic (exact) mass is 578 g/mol. The molecule has 3 heterocycles. The van der Waals surface area contributed by atoms with E-state index in [0.29, 0.717) is 17.9 Å². The third-order valence-corrected chi connectivity index (χ3v) is 6.98. The number of hydrogen-bond donors (Lipinski definition) is 1. The number of hydrogen-bond acceptors (Lipinski definition) is 7. The Morgan fingerprint density at radius 1 is 1.02 bits per heavy atom. The Kier molecular flexibility index (Phi) is 8.16. The second-order valence-corrected chi connectivity index (χ2v) is 9.79. The maximum Gasteiger partial charge on any atom is 0.409 e. The quantitative estimate of drug-likeness (QED) is 0.332. The third-order valence-electron chi connectivity index (χ3n) is 6.98. The lowest BCUT2D eigenvalue weighted by molar-refractivity contribution is -0.0241. The Labute approximate surface area is 239 Å². The van der Waals surface area contributed by atoms with Gasteiger partial charge in [0, 0.05) is 30.4 Å². The van der Waals surface area contributed by atoms with Gasteiger partial charge >= 0.3 is 12.1 Å². The minimum absolute atomic E-state index is 0.0886. The highest BCUT2D eigenvalue weighted by Gasteiger charge is 2.29. The number of morpholine rings is 1. The molecule has 2 amide bonds. The zero-order valence-corrected chi connectivity index (χ0v) is 23.1. The molecule has 0 unspecified atom stereocenters. The molecule has 4 aromatic rings. The van der Waals surface area contributed by atoms with Crippen LogP contribution in [0.1, 0.15) is 32.0 Å². The Hall–Kier alpha value is -4.84. The number of benzene rings is 2. The van der Waals surface area contributed by atoms with Crippen molar-refractivity contribution >= 4 is 29.3 Å². The molecular formula is C30H28F2N4O6. The Morgan fingerprint density at radius 2 is 1.71 bits per heavy atom. The van der Waals surface area contributed by atoms with Crippen LogP contribution in [0.2, 0.25) is 0 Å². The van der Waals surface area contributed by atoms with E-state index in [1.165, 1.54) is 43.4 Å². The van der Waals surface area contributed by atoms with E-state index in [2.05, 4.69) is 15.0 Å². The molecule has 42 heavy (non-hydrogen) atoms. The van der Waals surface area contributed by atoms with Crippen LogP contribution in [0.5, 0.6) is 0 Å². The van der Waals surface area contributed by atoms with Gasteiger partial charge in [-0.25, -0.2) is 23.4 Å². The average molecular weight is 579 g/mol. The summed E-state index contributed by atoms with van der Waals surface area (Å²) in [6.45, 7) is 2.78. The molecule has 218 valence electrons. The second-order valence-electron chi connectivity index (χ2n) is 9.79. The number of methoxy groups -OCH3 is 2. The van der Waals surface area contributed by atoms with E-state index in [-0.39, 0.29) is 47.6 Å². The number of aryl methyl sites for hydroxylation is 1. The molecule has 1 aliphatic rings. The number of carbonyl (C=O) groups is 3. The Balaban J connectivity index is 1.45. The number of imidazole rings is 1. The summed E-state index contributed by atoms with van der Waals surface area (Å²) in [5.74, 6) is -3.02. The van der Waals surface area contributed by atoms with Crippen LogP contribution in [0.4, 0.5) is 19.3 Å². The molecule has 0 radical (unpaired) electrons. The molecule has 1 saturated heterocycles. The fourth-order valence-corrected chi connectivity index (χ4v) is 4.90. The van der Waals surface area contributed by atoms with E-state index in [1.54, 1.807) is 16.7 Å². The summed E-state index contributed by atoms with van der Waals surface area (Å²) in [6.07, 6.45) is 1.04. The van der Waals surface area contributed by atoms with E-state index in [0.717, 1.165) is 17.7 Å². The van der Waals surface area contributed by atoms with Crippen LogP contribution in [0.3, 0.4) is 0 Å². The SMILES string of the molecule is COC(=O)c1ccc(C(=O)Nc2cc(F)c(-c3nc4cc(C)ccn4c3C[C@H]3CN(C(=O)OC)CCO3)c(F)c2)cc1. The summed E-state index contributed by atoms with van der Waals surface area (Å²) in [4.78, 5) is 42.5. The lowest BCUT2D eigenvalue weighted by atomic mass is 10.0. The number of carbonyl (C=O) groups excluding carboxylic acids is 3. The normalized spacial score (nSPS) is 15.0. The van der Waals surface area contributed by atoms with E-state index in [9.17, 15) is 14.4 Å². The number of ether oxygens (including phenoxy) is 3. The number of esters is 1. The van der Waals surface area contributed by atoms with Gasteiger partial charge < -0.3 is 28.8 Å². The number of anilines is 1. The lowest BCUT2D eigenvalue weighted by Gasteiger charge is -2.32. The number of fused-ring (bicyclic) bond motifs is 1. The van der Waals surface area contributed by atoms with Gasteiger partial charge in [-0.3, -0.25) is 4.79 Å². The fourth-order valence-electron chi connectivity index (χ4n) is 4.90. The van der Waals surface area contributed by atoms with Gasteiger partial charge in [0.2, 0.25) is 0 Å². The van der Waals surface area contributed by atoms with Gasteiger partial charge in [0.05, 0.1) is 56.0 Å². The van der Waals surface area contributed by atoms with Gasteiger partial charge in [-0.15, -0.1) is 0 Å². The van der Waals surface area contributed by atoms with Crippen molar-refractivity contribution in [2.24, 2.45) is 0 Å². The number of pyridine rings is 1. The smallest absolute Gasteiger partial charge is 0.409 e. The number of nitrogens with one attached hydrogen (secondary N) is 1. The molecule has 2 aromatic carbocycles. The number of amides is 2. The van der Waals surface area contributed by atoms with Gasteiger partial charge in [-0.1, -0.05) is 0 Å². The molecule has 10 nitrogen and oxygen atoms in total. The number of aromatic nitrogens is 2. The van der Waals surface area contributed by atoms with E-state index < -0.39 is 35.7 Å². The first-order valence-electron chi connectivity index (χ1n) is 13.1. The van der Waals surface area contributed by atoms with Crippen molar-refractivity contribution in [3.63, 3.8) is 0 Å². The van der Waals surface area contributed by atoms with E-state index in [1.807, 2.05) is 13.0 Å². The van der Waals surface area contributed by atoms with E-state index in [4.69, 9.17) is 9.47 Å². The average Bonchev–Trinajstić information content (AvgIpc) is 3.32. The molecule has 5 rings (SSSR count). The largest absolute Gasteiger partial charge is 0.465 e. The van der Waals surface area contributed by atoms with Gasteiger partial charge in [0.25, 0.3) is 5.91 Å². The van der Waals surface area contributed by atoms with Crippen molar-refractivity contribution in [1.29, 1.82) is 0 Å². The summed E-state index contributed by atoms with van der Waals surface area (Å²) in [5, 5.41) is 2.49. The lowest BCUT2D eigenvalue weighted by Crippen LogP contribution is -2.46. The van der Waals surface area contributed by atoms with Crippen molar-refractivity contribution < 1.29 is 37.4 Å². The molecule has 0 bridgehead atoms. The molecule has 1 atom stereocenters. The minimum Gasteiger partial charge on any atom is -0.465 e.